The fraction of sp³-hybridized carbons (Fsp3) is 0.267. The number of rotatable bonds is 4. The van der Waals surface area contributed by atoms with Gasteiger partial charge in [0.05, 0.1) is 0 Å². The number of nitrogens with zero attached hydrogens (tertiary/aromatic N) is 3. The van der Waals surface area contributed by atoms with Crippen molar-refractivity contribution in [2.45, 2.75) is 20.4 Å². The molecule has 5 nitrogen and oxygen atoms in total. The highest BCUT2D eigenvalue weighted by Crippen LogP contribution is 2.13. The van der Waals surface area contributed by atoms with E-state index in [0.717, 1.165) is 5.69 Å². The summed E-state index contributed by atoms with van der Waals surface area (Å²) in [6.45, 7) is 4.65. The Hall–Kier alpha value is -2.43. The van der Waals surface area contributed by atoms with Crippen molar-refractivity contribution in [2.24, 2.45) is 5.73 Å². The van der Waals surface area contributed by atoms with Crippen molar-refractivity contribution in [3.05, 3.63) is 52.8 Å². The molecule has 1 aromatic heterocycles. The number of benzene rings is 1. The first kappa shape index (κ1) is 14.0. The van der Waals surface area contributed by atoms with Gasteiger partial charge in [0.1, 0.15) is 11.5 Å². The van der Waals surface area contributed by atoms with Crippen LogP contribution < -0.4 is 10.6 Å². The van der Waals surface area contributed by atoms with E-state index < -0.39 is 0 Å². The molecule has 104 valence electrons. The normalized spacial score (nSPS) is 10.3. The third kappa shape index (κ3) is 3.32. The highest BCUT2D eigenvalue weighted by Gasteiger charge is 2.09. The van der Waals surface area contributed by atoms with Crippen molar-refractivity contribution in [3.8, 4) is 0 Å². The summed E-state index contributed by atoms with van der Waals surface area (Å²) in [4.78, 5) is 10.7. The summed E-state index contributed by atoms with van der Waals surface area (Å²) in [6.07, 6.45) is 0. The second kappa shape index (κ2) is 5.69. The zero-order chi connectivity index (χ0) is 14.7. The Morgan fingerprint density at radius 3 is 2.45 bits per heavy atom. The standard InChI is InChI=1S/C15H19N5/c1-10-4-6-12(7-5-10)9-20(3)15-18-11(2)8-13(19-15)14(16)17/h4-8H,9H2,1-3H3,(H3,16,17). The number of anilines is 1. The smallest absolute Gasteiger partial charge is 0.226 e. The van der Waals surface area contributed by atoms with Crippen LogP contribution in [0.1, 0.15) is 22.5 Å². The molecule has 20 heavy (non-hydrogen) atoms. The Bertz CT molecular complexity index is 619. The van der Waals surface area contributed by atoms with E-state index in [1.165, 1.54) is 11.1 Å². The number of nitrogens with two attached hydrogens (primary N) is 1. The van der Waals surface area contributed by atoms with Gasteiger partial charge in [-0.15, -0.1) is 0 Å². The van der Waals surface area contributed by atoms with E-state index >= 15 is 0 Å². The Morgan fingerprint density at radius 1 is 1.20 bits per heavy atom. The molecule has 0 unspecified atom stereocenters. The van der Waals surface area contributed by atoms with Gasteiger partial charge in [-0.1, -0.05) is 29.8 Å². The average Bonchev–Trinajstić information content (AvgIpc) is 2.40. The predicted octanol–water partition coefficient (Wildman–Crippen LogP) is 2.01. The van der Waals surface area contributed by atoms with Gasteiger partial charge in [-0.05, 0) is 25.5 Å². The topological polar surface area (TPSA) is 78.9 Å². The highest BCUT2D eigenvalue weighted by atomic mass is 15.2. The molecule has 2 rings (SSSR count). The van der Waals surface area contributed by atoms with E-state index in [9.17, 15) is 0 Å². The van der Waals surface area contributed by atoms with E-state index in [-0.39, 0.29) is 5.84 Å². The maximum absolute atomic E-state index is 7.48. The second-order valence-electron chi connectivity index (χ2n) is 4.95. The molecular weight excluding hydrogens is 250 g/mol. The monoisotopic (exact) mass is 269 g/mol. The number of nitrogens with one attached hydrogen (secondary N) is 1. The number of hydrogen-bond donors (Lipinski definition) is 2. The largest absolute Gasteiger partial charge is 0.382 e. The summed E-state index contributed by atoms with van der Waals surface area (Å²) in [6, 6.07) is 10.1. The lowest BCUT2D eigenvalue weighted by Crippen LogP contribution is -2.22. The molecule has 0 fully saturated rings. The first-order valence-electron chi connectivity index (χ1n) is 6.42. The third-order valence-electron chi connectivity index (χ3n) is 3.00. The summed E-state index contributed by atoms with van der Waals surface area (Å²) in [5, 5.41) is 7.48. The number of hydrogen-bond acceptors (Lipinski definition) is 4. The first-order valence-corrected chi connectivity index (χ1v) is 6.42. The minimum Gasteiger partial charge on any atom is -0.382 e. The zero-order valence-electron chi connectivity index (χ0n) is 12.0. The van der Waals surface area contributed by atoms with Crippen molar-refractivity contribution < 1.29 is 0 Å². The Morgan fingerprint density at radius 2 is 1.85 bits per heavy atom. The van der Waals surface area contributed by atoms with E-state index in [2.05, 4.69) is 41.2 Å². The van der Waals surface area contributed by atoms with Gasteiger partial charge in [0.15, 0.2) is 0 Å². The Balaban J connectivity index is 2.22. The molecule has 3 N–H and O–H groups in total. The molecular formula is C15H19N5. The Labute approximate surface area is 119 Å². The van der Waals surface area contributed by atoms with Crippen LogP contribution in [-0.2, 0) is 6.54 Å². The minimum atomic E-state index is -0.0412. The lowest BCUT2D eigenvalue weighted by atomic mass is 10.1. The van der Waals surface area contributed by atoms with Crippen molar-refractivity contribution in [3.63, 3.8) is 0 Å². The fourth-order valence-electron chi connectivity index (χ4n) is 1.90. The summed E-state index contributed by atoms with van der Waals surface area (Å²) in [5.41, 5.74) is 9.18. The number of aromatic nitrogens is 2. The highest BCUT2D eigenvalue weighted by molar-refractivity contribution is 5.93. The van der Waals surface area contributed by atoms with Gasteiger partial charge in [-0.2, -0.15) is 0 Å². The molecule has 0 aliphatic heterocycles. The molecule has 0 bridgehead atoms. The molecule has 1 heterocycles. The van der Waals surface area contributed by atoms with Crippen LogP contribution in [0.25, 0.3) is 0 Å². The predicted molar refractivity (Wildman–Crippen MR) is 81.1 cm³/mol. The van der Waals surface area contributed by atoms with E-state index in [1.807, 2.05) is 18.9 Å². The maximum Gasteiger partial charge on any atom is 0.226 e. The van der Waals surface area contributed by atoms with Crippen LogP contribution in [-0.4, -0.2) is 22.9 Å². The molecule has 5 heteroatoms. The van der Waals surface area contributed by atoms with E-state index in [4.69, 9.17) is 11.1 Å². The van der Waals surface area contributed by atoms with Gasteiger partial charge in [-0.25, -0.2) is 9.97 Å². The first-order chi connectivity index (χ1) is 9.45. The van der Waals surface area contributed by atoms with Crippen LogP contribution in [0.3, 0.4) is 0 Å². The van der Waals surface area contributed by atoms with Crippen LogP contribution >= 0.6 is 0 Å². The summed E-state index contributed by atoms with van der Waals surface area (Å²) < 4.78 is 0. The van der Waals surface area contributed by atoms with Gasteiger partial charge in [0, 0.05) is 19.3 Å². The zero-order valence-corrected chi connectivity index (χ0v) is 12.0. The van der Waals surface area contributed by atoms with Gasteiger partial charge in [-0.3, -0.25) is 5.41 Å². The molecule has 0 saturated heterocycles. The van der Waals surface area contributed by atoms with Gasteiger partial charge >= 0.3 is 0 Å². The molecule has 0 atom stereocenters. The number of nitrogen functional groups attached to an aromatic ring is 1. The lowest BCUT2D eigenvalue weighted by Gasteiger charge is -2.18. The van der Waals surface area contributed by atoms with Crippen molar-refractivity contribution in [1.29, 1.82) is 5.41 Å². The molecule has 0 aliphatic carbocycles. The van der Waals surface area contributed by atoms with Gasteiger partial charge in [0.25, 0.3) is 0 Å². The molecule has 2 aromatic rings. The molecule has 0 spiro atoms. The van der Waals surface area contributed by atoms with Crippen LogP contribution in [0.2, 0.25) is 0 Å². The molecule has 0 radical (unpaired) electrons. The van der Waals surface area contributed by atoms with Crippen molar-refractivity contribution in [2.75, 3.05) is 11.9 Å². The molecule has 0 amide bonds. The summed E-state index contributed by atoms with van der Waals surface area (Å²) in [5.74, 6) is 0.538. The van der Waals surface area contributed by atoms with Gasteiger partial charge in [0.2, 0.25) is 5.95 Å². The third-order valence-corrected chi connectivity index (χ3v) is 3.00. The average molecular weight is 269 g/mol. The minimum absolute atomic E-state index is 0.0412. The van der Waals surface area contributed by atoms with Crippen molar-refractivity contribution in [1.82, 2.24) is 9.97 Å². The van der Waals surface area contributed by atoms with E-state index in [0.29, 0.717) is 18.2 Å². The fourth-order valence-corrected chi connectivity index (χ4v) is 1.90. The van der Waals surface area contributed by atoms with E-state index in [1.54, 1.807) is 6.07 Å². The quantitative estimate of drug-likeness (QED) is 0.657. The summed E-state index contributed by atoms with van der Waals surface area (Å²) in [7, 11) is 1.93. The van der Waals surface area contributed by atoms with Gasteiger partial charge < -0.3 is 10.6 Å². The molecule has 0 aliphatic rings. The number of aryl methyl sites for hydroxylation is 2. The maximum atomic E-state index is 7.48. The number of amidine groups is 1. The Kier molecular flexibility index (Phi) is 3.98. The molecule has 0 saturated carbocycles. The second-order valence-corrected chi connectivity index (χ2v) is 4.95. The van der Waals surface area contributed by atoms with Crippen LogP contribution in [0.4, 0.5) is 5.95 Å². The van der Waals surface area contributed by atoms with Crippen molar-refractivity contribution >= 4 is 11.8 Å². The molecule has 1 aromatic carbocycles. The van der Waals surface area contributed by atoms with Crippen LogP contribution in [0.15, 0.2) is 30.3 Å². The van der Waals surface area contributed by atoms with Crippen LogP contribution in [0, 0.1) is 19.3 Å². The summed E-state index contributed by atoms with van der Waals surface area (Å²) >= 11 is 0. The van der Waals surface area contributed by atoms with Crippen LogP contribution in [0.5, 0.6) is 0 Å². The SMILES string of the molecule is Cc1ccc(CN(C)c2nc(C)cc(C(=N)N)n2)cc1. The lowest BCUT2D eigenvalue weighted by molar-refractivity contribution is 0.856.